The molecular weight excluding hydrogens is 303 g/mol. The third-order valence-corrected chi connectivity index (χ3v) is 6.11. The number of nitrogens with one attached hydrogen (secondary N) is 1. The lowest BCUT2D eigenvalue weighted by Gasteiger charge is -2.33. The van der Waals surface area contributed by atoms with Crippen molar-refractivity contribution < 1.29 is 12.8 Å². The number of piperidine rings is 1. The SMILES string of the molecule is CCCN(C1CCNCC1)S(=O)(=O)c1cc(C)c(F)c(C)c1. The fourth-order valence-corrected chi connectivity index (χ4v) is 4.95. The molecule has 1 aliphatic heterocycles. The van der Waals surface area contributed by atoms with Crippen LogP contribution in [0.2, 0.25) is 0 Å². The molecule has 0 aromatic heterocycles. The lowest BCUT2D eigenvalue weighted by Crippen LogP contribution is -2.46. The van der Waals surface area contributed by atoms with Crippen LogP contribution in [0.3, 0.4) is 0 Å². The Labute approximate surface area is 132 Å². The summed E-state index contributed by atoms with van der Waals surface area (Å²) in [5.41, 5.74) is 0.751. The van der Waals surface area contributed by atoms with Crippen molar-refractivity contribution in [3.63, 3.8) is 0 Å². The Morgan fingerprint density at radius 1 is 1.23 bits per heavy atom. The minimum Gasteiger partial charge on any atom is -0.317 e. The second-order valence-corrected chi connectivity index (χ2v) is 7.86. The third kappa shape index (κ3) is 3.50. The molecule has 1 aromatic carbocycles. The Kier molecular flexibility index (Phi) is 5.58. The maximum Gasteiger partial charge on any atom is 0.243 e. The topological polar surface area (TPSA) is 49.4 Å². The Balaban J connectivity index is 2.40. The summed E-state index contributed by atoms with van der Waals surface area (Å²) in [6.07, 6.45) is 2.40. The standard InChI is InChI=1S/C16H25FN2O2S/c1-4-9-19(14-5-7-18-8-6-14)22(20,21)15-10-12(2)16(17)13(3)11-15/h10-11,14,18H,4-9H2,1-3H3. The molecule has 0 atom stereocenters. The summed E-state index contributed by atoms with van der Waals surface area (Å²) in [6, 6.07) is 2.92. The quantitative estimate of drug-likeness (QED) is 0.904. The van der Waals surface area contributed by atoms with Crippen LogP contribution in [-0.4, -0.2) is 38.4 Å². The van der Waals surface area contributed by atoms with E-state index in [9.17, 15) is 12.8 Å². The highest BCUT2D eigenvalue weighted by Gasteiger charge is 2.32. The van der Waals surface area contributed by atoms with Crippen LogP contribution in [0.25, 0.3) is 0 Å². The van der Waals surface area contributed by atoms with Gasteiger partial charge < -0.3 is 5.32 Å². The van der Waals surface area contributed by atoms with Crippen LogP contribution in [0.5, 0.6) is 0 Å². The van der Waals surface area contributed by atoms with Gasteiger partial charge in [-0.05, 0) is 69.5 Å². The van der Waals surface area contributed by atoms with Crippen LogP contribution < -0.4 is 5.32 Å². The molecule has 22 heavy (non-hydrogen) atoms. The highest BCUT2D eigenvalue weighted by Crippen LogP contribution is 2.26. The van der Waals surface area contributed by atoms with Gasteiger partial charge in [0.2, 0.25) is 10.0 Å². The van der Waals surface area contributed by atoms with E-state index in [0.29, 0.717) is 17.7 Å². The summed E-state index contributed by atoms with van der Waals surface area (Å²) in [6.45, 7) is 7.36. The summed E-state index contributed by atoms with van der Waals surface area (Å²) in [5, 5.41) is 3.26. The monoisotopic (exact) mass is 328 g/mol. The molecule has 1 saturated heterocycles. The summed E-state index contributed by atoms with van der Waals surface area (Å²) < 4.78 is 41.4. The molecule has 0 radical (unpaired) electrons. The lowest BCUT2D eigenvalue weighted by molar-refractivity contribution is 0.262. The number of rotatable bonds is 5. The van der Waals surface area contributed by atoms with Crippen LogP contribution >= 0.6 is 0 Å². The van der Waals surface area contributed by atoms with Crippen LogP contribution in [-0.2, 0) is 10.0 Å². The molecule has 1 heterocycles. The van der Waals surface area contributed by atoms with Crippen molar-refractivity contribution in [2.75, 3.05) is 19.6 Å². The van der Waals surface area contributed by atoms with Crippen LogP contribution in [0, 0.1) is 19.7 Å². The van der Waals surface area contributed by atoms with E-state index in [1.54, 1.807) is 18.2 Å². The van der Waals surface area contributed by atoms with Crippen LogP contribution in [0.1, 0.15) is 37.3 Å². The minimum atomic E-state index is -3.59. The first-order valence-corrected chi connectivity index (χ1v) is 9.31. The summed E-state index contributed by atoms with van der Waals surface area (Å²) in [5.74, 6) is -0.331. The fraction of sp³-hybridized carbons (Fsp3) is 0.625. The molecule has 1 fully saturated rings. The molecule has 0 spiro atoms. The lowest BCUT2D eigenvalue weighted by atomic mass is 10.1. The fourth-order valence-electron chi connectivity index (χ4n) is 3.00. The number of hydrogen-bond donors (Lipinski definition) is 1. The van der Waals surface area contributed by atoms with E-state index in [1.165, 1.54) is 12.1 Å². The number of halogens is 1. The largest absolute Gasteiger partial charge is 0.317 e. The number of sulfonamides is 1. The molecule has 1 aliphatic rings. The van der Waals surface area contributed by atoms with Gasteiger partial charge in [0.1, 0.15) is 5.82 Å². The van der Waals surface area contributed by atoms with Crippen molar-refractivity contribution in [1.29, 1.82) is 0 Å². The highest BCUT2D eigenvalue weighted by molar-refractivity contribution is 7.89. The molecule has 124 valence electrons. The van der Waals surface area contributed by atoms with Crippen molar-refractivity contribution >= 4 is 10.0 Å². The van der Waals surface area contributed by atoms with Crippen molar-refractivity contribution in [3.8, 4) is 0 Å². The molecule has 0 amide bonds. The Morgan fingerprint density at radius 2 is 1.77 bits per heavy atom. The number of nitrogens with zero attached hydrogens (tertiary/aromatic N) is 1. The van der Waals surface area contributed by atoms with E-state index >= 15 is 0 Å². The maximum absolute atomic E-state index is 13.8. The van der Waals surface area contributed by atoms with Gasteiger partial charge in [-0.2, -0.15) is 4.31 Å². The minimum absolute atomic E-state index is 0.0249. The Bertz CT molecular complexity index is 602. The second-order valence-electron chi connectivity index (χ2n) is 5.97. The molecule has 0 aliphatic carbocycles. The molecule has 0 unspecified atom stereocenters. The van der Waals surface area contributed by atoms with Crippen molar-refractivity contribution in [3.05, 3.63) is 29.1 Å². The molecule has 1 N–H and O–H groups in total. The molecular formula is C16H25FN2O2S. The number of benzene rings is 1. The van der Waals surface area contributed by atoms with E-state index in [0.717, 1.165) is 32.4 Å². The van der Waals surface area contributed by atoms with E-state index < -0.39 is 10.0 Å². The zero-order chi connectivity index (χ0) is 16.3. The van der Waals surface area contributed by atoms with Gasteiger partial charge in [-0.25, -0.2) is 12.8 Å². The molecule has 1 aromatic rings. The Morgan fingerprint density at radius 3 is 2.27 bits per heavy atom. The van der Waals surface area contributed by atoms with Gasteiger partial charge in [0.15, 0.2) is 0 Å². The highest BCUT2D eigenvalue weighted by atomic mass is 32.2. The van der Waals surface area contributed by atoms with Gasteiger partial charge >= 0.3 is 0 Å². The van der Waals surface area contributed by atoms with Gasteiger partial charge in [-0.15, -0.1) is 0 Å². The zero-order valence-corrected chi connectivity index (χ0v) is 14.3. The van der Waals surface area contributed by atoms with Crippen LogP contribution in [0.15, 0.2) is 17.0 Å². The summed E-state index contributed by atoms with van der Waals surface area (Å²) in [4.78, 5) is 0.205. The molecule has 2 rings (SSSR count). The molecule has 6 heteroatoms. The zero-order valence-electron chi connectivity index (χ0n) is 13.5. The van der Waals surface area contributed by atoms with Gasteiger partial charge in [0.05, 0.1) is 4.90 Å². The average Bonchev–Trinajstić information content (AvgIpc) is 2.50. The van der Waals surface area contributed by atoms with Crippen LogP contribution in [0.4, 0.5) is 4.39 Å². The average molecular weight is 328 g/mol. The predicted molar refractivity (Wildman–Crippen MR) is 85.9 cm³/mol. The van der Waals surface area contributed by atoms with E-state index in [2.05, 4.69) is 5.32 Å². The van der Waals surface area contributed by atoms with E-state index in [-0.39, 0.29) is 16.8 Å². The maximum atomic E-state index is 13.8. The molecule has 0 bridgehead atoms. The van der Waals surface area contributed by atoms with E-state index in [4.69, 9.17) is 0 Å². The third-order valence-electron chi connectivity index (χ3n) is 4.18. The molecule has 4 nitrogen and oxygen atoms in total. The van der Waals surface area contributed by atoms with Crippen molar-refractivity contribution in [1.82, 2.24) is 9.62 Å². The van der Waals surface area contributed by atoms with Crippen molar-refractivity contribution in [2.24, 2.45) is 0 Å². The first-order chi connectivity index (χ1) is 10.4. The Hall–Kier alpha value is -0.980. The van der Waals surface area contributed by atoms with Gasteiger partial charge in [-0.3, -0.25) is 0 Å². The summed E-state index contributed by atoms with van der Waals surface area (Å²) in [7, 11) is -3.59. The van der Waals surface area contributed by atoms with Crippen molar-refractivity contribution in [2.45, 2.75) is 51.0 Å². The first kappa shape index (κ1) is 17.4. The number of hydrogen-bond acceptors (Lipinski definition) is 3. The van der Waals surface area contributed by atoms with E-state index in [1.807, 2.05) is 6.92 Å². The first-order valence-electron chi connectivity index (χ1n) is 7.87. The molecule has 0 saturated carbocycles. The normalized spacial score (nSPS) is 17.1. The van der Waals surface area contributed by atoms with Gasteiger partial charge in [0.25, 0.3) is 0 Å². The van der Waals surface area contributed by atoms with Gasteiger partial charge in [0, 0.05) is 12.6 Å². The smallest absolute Gasteiger partial charge is 0.243 e. The summed E-state index contributed by atoms with van der Waals surface area (Å²) >= 11 is 0. The second kappa shape index (κ2) is 7.06. The number of aryl methyl sites for hydroxylation is 2. The predicted octanol–water partition coefficient (Wildman–Crippen LogP) is 2.60. The van der Waals surface area contributed by atoms with Gasteiger partial charge in [-0.1, -0.05) is 6.92 Å².